The number of ether oxygens (including phenoxy) is 1. The summed E-state index contributed by atoms with van der Waals surface area (Å²) in [6, 6.07) is 13.4. The van der Waals surface area contributed by atoms with Crippen molar-refractivity contribution in [1.82, 2.24) is 10.6 Å². The Balaban J connectivity index is 1.73. The lowest BCUT2D eigenvalue weighted by Crippen LogP contribution is -2.40. The van der Waals surface area contributed by atoms with Crippen LogP contribution in [0.15, 0.2) is 48.5 Å². The Morgan fingerprint density at radius 1 is 0.963 bits per heavy atom. The van der Waals surface area contributed by atoms with E-state index in [9.17, 15) is 14.0 Å². The Morgan fingerprint density at radius 2 is 1.59 bits per heavy atom. The molecule has 1 atom stereocenters. The number of carbonyl (C=O) groups is 2. The second-order valence-corrected chi connectivity index (χ2v) is 6.51. The van der Waals surface area contributed by atoms with Gasteiger partial charge in [-0.2, -0.15) is 0 Å². The molecule has 2 amide bonds. The van der Waals surface area contributed by atoms with Crippen molar-refractivity contribution in [2.45, 2.75) is 32.8 Å². The minimum absolute atomic E-state index is 0.0228. The molecule has 0 heterocycles. The maximum Gasteiger partial charge on any atom is 0.260 e. The lowest BCUT2D eigenvalue weighted by Gasteiger charge is -2.15. The fourth-order valence-electron chi connectivity index (χ4n) is 2.43. The highest BCUT2D eigenvalue weighted by atomic mass is 19.1. The van der Waals surface area contributed by atoms with Crippen molar-refractivity contribution in [3.8, 4) is 5.75 Å². The summed E-state index contributed by atoms with van der Waals surface area (Å²) in [5.74, 6) is -0.334. The highest BCUT2D eigenvalue weighted by Crippen LogP contribution is 2.19. The van der Waals surface area contributed by atoms with Crippen LogP contribution in [0.25, 0.3) is 0 Å². The van der Waals surface area contributed by atoms with Gasteiger partial charge >= 0.3 is 0 Å². The van der Waals surface area contributed by atoms with Gasteiger partial charge in [-0.05, 0) is 42.7 Å². The third-order valence-electron chi connectivity index (χ3n) is 4.06. The van der Waals surface area contributed by atoms with E-state index >= 15 is 0 Å². The van der Waals surface area contributed by atoms with E-state index in [-0.39, 0.29) is 24.6 Å². The summed E-state index contributed by atoms with van der Waals surface area (Å²) in [7, 11) is 0. The topological polar surface area (TPSA) is 67.4 Å². The average molecular weight is 372 g/mol. The van der Waals surface area contributed by atoms with Crippen LogP contribution in [0.4, 0.5) is 4.39 Å². The minimum atomic E-state index is -0.669. The smallest absolute Gasteiger partial charge is 0.260 e. The van der Waals surface area contributed by atoms with Gasteiger partial charge in [-0.3, -0.25) is 9.59 Å². The van der Waals surface area contributed by atoms with E-state index in [0.717, 1.165) is 0 Å². The lowest BCUT2D eigenvalue weighted by atomic mass is 10.0. The van der Waals surface area contributed by atoms with Crippen molar-refractivity contribution < 1.29 is 18.7 Å². The molecule has 0 spiro atoms. The molecule has 6 heteroatoms. The zero-order valence-electron chi connectivity index (χ0n) is 15.8. The molecule has 1 unspecified atom stereocenters. The quantitative estimate of drug-likeness (QED) is 0.699. The Morgan fingerprint density at radius 3 is 2.22 bits per heavy atom. The standard InChI is InChI=1S/C21H25FN2O3/c1-14(2)16-8-10-17(11-9-16)27-15(3)20(25)23-12-13-24-21(26)18-6-4-5-7-19(18)22/h4-11,14-15H,12-13H2,1-3H3,(H,23,25)(H,24,26). The molecule has 0 aliphatic rings. The SMILES string of the molecule is CC(Oc1ccc(C(C)C)cc1)C(=O)NCCNC(=O)c1ccccc1F. The second kappa shape index (κ2) is 9.71. The van der Waals surface area contributed by atoms with Crippen molar-refractivity contribution in [3.63, 3.8) is 0 Å². The highest BCUT2D eigenvalue weighted by molar-refractivity contribution is 5.94. The summed E-state index contributed by atoms with van der Waals surface area (Å²) in [5.41, 5.74) is 1.18. The lowest BCUT2D eigenvalue weighted by molar-refractivity contribution is -0.127. The highest BCUT2D eigenvalue weighted by Gasteiger charge is 2.15. The predicted octanol–water partition coefficient (Wildman–Crippen LogP) is 3.26. The number of amides is 2. The van der Waals surface area contributed by atoms with Gasteiger partial charge in [0.1, 0.15) is 11.6 Å². The Labute approximate surface area is 158 Å². The largest absolute Gasteiger partial charge is 0.481 e. The van der Waals surface area contributed by atoms with E-state index in [0.29, 0.717) is 11.7 Å². The third-order valence-corrected chi connectivity index (χ3v) is 4.06. The van der Waals surface area contributed by atoms with E-state index in [1.54, 1.807) is 13.0 Å². The number of carbonyl (C=O) groups excluding carboxylic acids is 2. The van der Waals surface area contributed by atoms with Crippen LogP contribution in [-0.4, -0.2) is 31.0 Å². The zero-order chi connectivity index (χ0) is 19.8. The van der Waals surface area contributed by atoms with Gasteiger partial charge in [-0.15, -0.1) is 0 Å². The normalized spacial score (nSPS) is 11.7. The van der Waals surface area contributed by atoms with Crippen LogP contribution >= 0.6 is 0 Å². The molecule has 0 fully saturated rings. The van der Waals surface area contributed by atoms with Gasteiger partial charge in [0.25, 0.3) is 11.8 Å². The van der Waals surface area contributed by atoms with E-state index < -0.39 is 17.8 Å². The molecule has 2 rings (SSSR count). The molecule has 5 nitrogen and oxygen atoms in total. The van der Waals surface area contributed by atoms with Crippen molar-refractivity contribution in [3.05, 3.63) is 65.5 Å². The van der Waals surface area contributed by atoms with Gasteiger partial charge in [-0.1, -0.05) is 38.1 Å². The third kappa shape index (κ3) is 6.09. The van der Waals surface area contributed by atoms with Gasteiger partial charge in [0.2, 0.25) is 0 Å². The van der Waals surface area contributed by atoms with Crippen LogP contribution in [0.1, 0.15) is 42.6 Å². The minimum Gasteiger partial charge on any atom is -0.481 e. The molecular weight excluding hydrogens is 347 g/mol. The molecule has 2 N–H and O–H groups in total. The number of hydrogen-bond acceptors (Lipinski definition) is 3. The van der Waals surface area contributed by atoms with Crippen LogP contribution in [0.5, 0.6) is 5.75 Å². The second-order valence-electron chi connectivity index (χ2n) is 6.51. The van der Waals surface area contributed by atoms with Crippen LogP contribution in [0.2, 0.25) is 0 Å². The van der Waals surface area contributed by atoms with E-state index in [2.05, 4.69) is 24.5 Å². The number of halogens is 1. The van der Waals surface area contributed by atoms with Crippen LogP contribution in [0.3, 0.4) is 0 Å². The first-order valence-corrected chi connectivity index (χ1v) is 8.95. The molecule has 0 saturated carbocycles. The maximum absolute atomic E-state index is 13.5. The Bertz CT molecular complexity index is 775. The summed E-state index contributed by atoms with van der Waals surface area (Å²) >= 11 is 0. The Hall–Kier alpha value is -2.89. The number of benzene rings is 2. The van der Waals surface area contributed by atoms with Crippen molar-refractivity contribution in [2.24, 2.45) is 0 Å². The first kappa shape index (κ1) is 20.4. The summed E-state index contributed by atoms with van der Waals surface area (Å²) in [4.78, 5) is 24.0. The number of hydrogen-bond donors (Lipinski definition) is 2. The molecule has 27 heavy (non-hydrogen) atoms. The monoisotopic (exact) mass is 372 g/mol. The van der Waals surface area contributed by atoms with Crippen LogP contribution in [-0.2, 0) is 4.79 Å². The summed E-state index contributed by atoms with van der Waals surface area (Å²) in [6.45, 7) is 6.28. The fraction of sp³-hybridized carbons (Fsp3) is 0.333. The fourth-order valence-corrected chi connectivity index (χ4v) is 2.43. The van der Waals surface area contributed by atoms with Gasteiger partial charge < -0.3 is 15.4 Å². The molecule has 144 valence electrons. The van der Waals surface area contributed by atoms with Crippen molar-refractivity contribution in [1.29, 1.82) is 0 Å². The van der Waals surface area contributed by atoms with Gasteiger partial charge in [-0.25, -0.2) is 4.39 Å². The van der Waals surface area contributed by atoms with Crippen LogP contribution < -0.4 is 15.4 Å². The molecule has 0 saturated heterocycles. The average Bonchev–Trinajstić information content (AvgIpc) is 2.65. The molecule has 0 aliphatic heterocycles. The Kier molecular flexibility index (Phi) is 7.34. The van der Waals surface area contributed by atoms with E-state index in [1.165, 1.54) is 23.8 Å². The molecule has 2 aromatic carbocycles. The molecule has 0 aliphatic carbocycles. The predicted molar refractivity (Wildman–Crippen MR) is 102 cm³/mol. The van der Waals surface area contributed by atoms with Crippen molar-refractivity contribution >= 4 is 11.8 Å². The zero-order valence-corrected chi connectivity index (χ0v) is 15.8. The molecule has 0 radical (unpaired) electrons. The first-order valence-electron chi connectivity index (χ1n) is 8.95. The molecule has 0 bridgehead atoms. The van der Waals surface area contributed by atoms with E-state index in [4.69, 9.17) is 4.74 Å². The maximum atomic E-state index is 13.5. The van der Waals surface area contributed by atoms with E-state index in [1.807, 2.05) is 24.3 Å². The number of nitrogens with one attached hydrogen (secondary N) is 2. The molecule has 2 aromatic rings. The van der Waals surface area contributed by atoms with Crippen LogP contribution in [0, 0.1) is 5.82 Å². The van der Waals surface area contributed by atoms with Gasteiger partial charge in [0.15, 0.2) is 6.10 Å². The summed E-state index contributed by atoms with van der Waals surface area (Å²) in [5, 5.41) is 5.25. The molecular formula is C21H25FN2O3. The first-order chi connectivity index (χ1) is 12.9. The summed E-state index contributed by atoms with van der Waals surface area (Å²) < 4.78 is 19.1. The molecule has 0 aromatic heterocycles. The summed E-state index contributed by atoms with van der Waals surface area (Å²) in [6.07, 6.45) is -0.669. The number of rotatable bonds is 8. The van der Waals surface area contributed by atoms with Crippen molar-refractivity contribution in [2.75, 3.05) is 13.1 Å². The van der Waals surface area contributed by atoms with Gasteiger partial charge in [0.05, 0.1) is 5.56 Å². The van der Waals surface area contributed by atoms with Gasteiger partial charge in [0, 0.05) is 13.1 Å².